The average molecular weight is 806 g/mol. The summed E-state index contributed by atoms with van der Waals surface area (Å²) in [6.45, 7) is 9.59. The molecule has 1 aromatic carbocycles. The fourth-order valence-electron chi connectivity index (χ4n) is 9.46. The fourth-order valence-corrected chi connectivity index (χ4v) is 9.80. The highest BCUT2D eigenvalue weighted by Crippen LogP contribution is 2.46. The molecule has 6 aliphatic rings. The topological polar surface area (TPSA) is 157 Å². The maximum atomic E-state index is 12.8. The fraction of sp³-hybridized carbons (Fsp3) is 0.372. The number of pyridine rings is 2. The first-order valence-electron chi connectivity index (χ1n) is 19.5. The van der Waals surface area contributed by atoms with Gasteiger partial charge in [-0.05, 0) is 93.0 Å². The molecule has 57 heavy (non-hydrogen) atoms. The lowest BCUT2D eigenvalue weighted by Gasteiger charge is -2.51. The summed E-state index contributed by atoms with van der Waals surface area (Å²) in [5.41, 5.74) is 13.4. The van der Waals surface area contributed by atoms with Gasteiger partial charge >= 0.3 is 6.09 Å². The lowest BCUT2D eigenvalue weighted by Crippen LogP contribution is -2.67. The van der Waals surface area contributed by atoms with Crippen molar-refractivity contribution in [1.82, 2.24) is 40.8 Å². The van der Waals surface area contributed by atoms with Gasteiger partial charge in [0.25, 0.3) is 11.8 Å². The Hall–Kier alpha value is -5.17. The molecule has 2 saturated heterocycles. The van der Waals surface area contributed by atoms with Gasteiger partial charge in [0, 0.05) is 84.8 Å². The SMILES string of the molecule is CC(C)(C)OC(=O)N1CC2(CNC(=O)c3c2[nH]c2c3CCc3cnc(Cl)cc3-2)C1.O=C1NCC2(CNC2)c2[nH]c3c(c21)CCc1cnc(-c2cccc(Cl)c2)cc1-3. The van der Waals surface area contributed by atoms with Crippen molar-refractivity contribution in [3.05, 3.63) is 104 Å². The number of aromatic nitrogens is 4. The van der Waals surface area contributed by atoms with Gasteiger partial charge < -0.3 is 35.6 Å². The molecule has 2 fully saturated rings. The van der Waals surface area contributed by atoms with Crippen molar-refractivity contribution < 1.29 is 19.1 Å². The second-order valence-corrected chi connectivity index (χ2v) is 18.0. The Labute approximate surface area is 339 Å². The first-order valence-corrected chi connectivity index (χ1v) is 20.2. The summed E-state index contributed by atoms with van der Waals surface area (Å²) in [6, 6.07) is 11.7. The average Bonchev–Trinajstić information content (AvgIpc) is 3.75. The molecule has 5 N–H and O–H groups in total. The number of hydrogen-bond donors (Lipinski definition) is 5. The Morgan fingerprint density at radius 1 is 0.772 bits per heavy atom. The molecular formula is C43H42Cl2N8O4. The maximum absolute atomic E-state index is 12.8. The molecule has 0 atom stereocenters. The summed E-state index contributed by atoms with van der Waals surface area (Å²) in [5.74, 6) is 0.0000388. The summed E-state index contributed by atoms with van der Waals surface area (Å²) in [4.78, 5) is 55.6. The predicted octanol–water partition coefficient (Wildman–Crippen LogP) is 6.14. The molecule has 2 aliphatic carbocycles. The van der Waals surface area contributed by atoms with Crippen molar-refractivity contribution in [3.63, 3.8) is 0 Å². The molecule has 0 bridgehead atoms. The van der Waals surface area contributed by atoms with E-state index in [0.29, 0.717) is 36.4 Å². The lowest BCUT2D eigenvalue weighted by atomic mass is 9.72. The standard InChI is InChI=1S/C22H19ClN4O.C21H23ClN4O3/c23-14-3-1-2-12(6-14)17-7-16-13(8-25-17)4-5-15-18-20(27-19(15)16)22(9-24-10-22)11-26-21(18)28;1-20(2,3)29-19(28)26-9-21(10-26)8-24-18(27)15-12-5-4-11-7-23-14(22)6-13(11)16(12)25-17(15)21/h1-3,6-8,24,27H,4-5,9-11H2,(H,26,28);6-7,25H,4-5,8-10H2,1-3H3,(H,24,27). The number of carbonyl (C=O) groups is 3. The number of halogens is 2. The normalized spacial score (nSPS) is 18.9. The quantitative estimate of drug-likeness (QED) is 0.128. The highest BCUT2D eigenvalue weighted by atomic mass is 35.5. The molecule has 8 heterocycles. The van der Waals surface area contributed by atoms with Crippen LogP contribution in [-0.4, -0.2) is 87.6 Å². The van der Waals surface area contributed by atoms with E-state index >= 15 is 0 Å². The number of nitrogens with one attached hydrogen (secondary N) is 5. The van der Waals surface area contributed by atoms with Crippen LogP contribution in [0.1, 0.15) is 75.1 Å². The van der Waals surface area contributed by atoms with Crippen molar-refractivity contribution in [2.24, 2.45) is 0 Å². The summed E-state index contributed by atoms with van der Waals surface area (Å²) in [7, 11) is 0. The van der Waals surface area contributed by atoms with Gasteiger partial charge in [0.05, 0.1) is 39.0 Å². The number of nitrogens with zero attached hydrogens (tertiary/aromatic N) is 3. The third-order valence-corrected chi connectivity index (χ3v) is 12.8. The van der Waals surface area contributed by atoms with E-state index in [1.807, 2.05) is 63.5 Å². The minimum absolute atomic E-state index is 0.00353. The Kier molecular flexibility index (Phi) is 8.20. The lowest BCUT2D eigenvalue weighted by molar-refractivity contribution is -0.0113. The second kappa shape index (κ2) is 12.9. The van der Waals surface area contributed by atoms with Gasteiger partial charge in [-0.3, -0.25) is 14.6 Å². The molecule has 5 aromatic rings. The molecular weight excluding hydrogens is 763 g/mol. The van der Waals surface area contributed by atoms with E-state index in [9.17, 15) is 14.4 Å². The zero-order chi connectivity index (χ0) is 39.4. The second-order valence-electron chi connectivity index (χ2n) is 17.2. The van der Waals surface area contributed by atoms with Crippen LogP contribution in [0, 0.1) is 0 Å². The van der Waals surface area contributed by atoms with Crippen LogP contribution in [0.15, 0.2) is 48.8 Å². The molecule has 12 nitrogen and oxygen atoms in total. The van der Waals surface area contributed by atoms with E-state index in [-0.39, 0.29) is 28.7 Å². The Bertz CT molecular complexity index is 2540. The number of carbonyl (C=O) groups excluding carboxylic acids is 3. The van der Waals surface area contributed by atoms with Gasteiger partial charge in [-0.15, -0.1) is 0 Å². The van der Waals surface area contributed by atoms with Crippen LogP contribution in [-0.2, 0) is 41.3 Å². The Morgan fingerprint density at radius 2 is 1.37 bits per heavy atom. The van der Waals surface area contributed by atoms with Gasteiger partial charge in [0.1, 0.15) is 10.8 Å². The number of rotatable bonds is 1. The highest BCUT2D eigenvalue weighted by Gasteiger charge is 2.54. The van der Waals surface area contributed by atoms with E-state index in [2.05, 4.69) is 42.0 Å². The summed E-state index contributed by atoms with van der Waals surface area (Å²) in [6.07, 6.45) is 6.81. The smallest absolute Gasteiger partial charge is 0.410 e. The number of amides is 3. The van der Waals surface area contributed by atoms with Crippen LogP contribution in [0.5, 0.6) is 0 Å². The number of fused-ring (bicyclic) bond motifs is 12. The first-order chi connectivity index (χ1) is 27.3. The van der Waals surface area contributed by atoms with Gasteiger partial charge in [0.15, 0.2) is 0 Å². The molecule has 292 valence electrons. The van der Waals surface area contributed by atoms with Crippen LogP contribution >= 0.6 is 23.2 Å². The number of ether oxygens (including phenoxy) is 1. The van der Waals surface area contributed by atoms with Gasteiger partial charge in [-0.25, -0.2) is 9.78 Å². The van der Waals surface area contributed by atoms with E-state index in [0.717, 1.165) is 112 Å². The third kappa shape index (κ3) is 5.86. The molecule has 11 rings (SSSR count). The number of aryl methyl sites for hydroxylation is 2. The highest BCUT2D eigenvalue weighted by molar-refractivity contribution is 6.31. The molecule has 0 saturated carbocycles. The Morgan fingerprint density at radius 3 is 1.96 bits per heavy atom. The first kappa shape index (κ1) is 36.2. The molecule has 4 aliphatic heterocycles. The molecule has 0 unspecified atom stereocenters. The number of hydrogen-bond acceptors (Lipinski definition) is 7. The molecule has 2 spiro atoms. The molecule has 0 radical (unpaired) electrons. The van der Waals surface area contributed by atoms with Crippen LogP contribution in [0.4, 0.5) is 4.79 Å². The largest absolute Gasteiger partial charge is 0.444 e. The minimum atomic E-state index is -0.533. The van der Waals surface area contributed by atoms with Crippen LogP contribution in [0.3, 0.4) is 0 Å². The van der Waals surface area contributed by atoms with E-state index in [1.54, 1.807) is 4.90 Å². The van der Waals surface area contributed by atoms with Crippen LogP contribution < -0.4 is 16.0 Å². The number of likely N-dealkylation sites (tertiary alicyclic amines) is 1. The number of H-pyrrole nitrogens is 2. The van der Waals surface area contributed by atoms with E-state index < -0.39 is 5.60 Å². The van der Waals surface area contributed by atoms with E-state index in [1.165, 1.54) is 5.56 Å². The number of aromatic amines is 2. The van der Waals surface area contributed by atoms with Crippen molar-refractivity contribution in [2.45, 2.75) is 62.9 Å². The third-order valence-electron chi connectivity index (χ3n) is 12.3. The molecule has 14 heteroatoms. The Balaban J connectivity index is 0.000000139. The van der Waals surface area contributed by atoms with Crippen molar-refractivity contribution in [2.75, 3.05) is 39.3 Å². The molecule has 3 amide bonds. The minimum Gasteiger partial charge on any atom is -0.444 e. The van der Waals surface area contributed by atoms with Crippen molar-refractivity contribution in [3.8, 4) is 33.8 Å². The summed E-state index contributed by atoms with van der Waals surface area (Å²) >= 11 is 12.3. The van der Waals surface area contributed by atoms with Crippen molar-refractivity contribution in [1.29, 1.82) is 0 Å². The summed E-state index contributed by atoms with van der Waals surface area (Å²) in [5, 5.41) is 10.6. The maximum Gasteiger partial charge on any atom is 0.410 e. The zero-order valence-electron chi connectivity index (χ0n) is 31.9. The summed E-state index contributed by atoms with van der Waals surface area (Å²) < 4.78 is 5.49. The van der Waals surface area contributed by atoms with Crippen LogP contribution in [0.25, 0.3) is 33.8 Å². The van der Waals surface area contributed by atoms with Crippen LogP contribution in [0.2, 0.25) is 10.2 Å². The zero-order valence-corrected chi connectivity index (χ0v) is 33.4. The monoisotopic (exact) mass is 804 g/mol. The van der Waals surface area contributed by atoms with E-state index in [4.69, 9.17) is 27.9 Å². The van der Waals surface area contributed by atoms with Gasteiger partial charge in [-0.2, -0.15) is 0 Å². The number of benzene rings is 1. The van der Waals surface area contributed by atoms with Gasteiger partial charge in [-0.1, -0.05) is 35.3 Å². The van der Waals surface area contributed by atoms with Crippen molar-refractivity contribution >= 4 is 41.1 Å². The van der Waals surface area contributed by atoms with Gasteiger partial charge in [0.2, 0.25) is 0 Å². The molecule has 4 aromatic heterocycles. The predicted molar refractivity (Wildman–Crippen MR) is 217 cm³/mol.